The van der Waals surface area contributed by atoms with Crippen LogP contribution in [0.15, 0.2) is 85.1 Å². The van der Waals surface area contributed by atoms with Gasteiger partial charge in [-0.05, 0) is 96.3 Å². The molecule has 0 rings (SSSR count). The van der Waals surface area contributed by atoms with E-state index in [1.165, 1.54) is 186 Å². The van der Waals surface area contributed by atoms with Crippen molar-refractivity contribution in [3.05, 3.63) is 85.1 Å². The van der Waals surface area contributed by atoms with Gasteiger partial charge in [-0.1, -0.05) is 305 Å². The van der Waals surface area contributed by atoms with E-state index < -0.39 is 6.10 Å². The third-order valence-electron chi connectivity index (χ3n) is 14.6. The summed E-state index contributed by atoms with van der Waals surface area (Å²) in [6, 6.07) is 0. The lowest BCUT2D eigenvalue weighted by molar-refractivity contribution is -0.167. The van der Waals surface area contributed by atoms with Crippen molar-refractivity contribution in [2.45, 2.75) is 341 Å². The molecule has 0 aliphatic heterocycles. The second kappa shape index (κ2) is 66.1. The van der Waals surface area contributed by atoms with Crippen LogP contribution >= 0.6 is 0 Å². The number of hydrogen-bond acceptors (Lipinski definition) is 6. The zero-order valence-corrected chi connectivity index (χ0v) is 51.7. The van der Waals surface area contributed by atoms with Crippen LogP contribution in [0.25, 0.3) is 0 Å². The van der Waals surface area contributed by atoms with Crippen LogP contribution in [0, 0.1) is 0 Å². The van der Waals surface area contributed by atoms with Crippen molar-refractivity contribution in [2.75, 3.05) is 13.2 Å². The number of unbranched alkanes of at least 4 members (excludes halogenated alkanes) is 36. The van der Waals surface area contributed by atoms with Crippen molar-refractivity contribution < 1.29 is 28.6 Å². The van der Waals surface area contributed by atoms with Crippen LogP contribution in [0.2, 0.25) is 0 Å². The van der Waals surface area contributed by atoms with Crippen LogP contribution < -0.4 is 0 Å². The third-order valence-corrected chi connectivity index (χ3v) is 14.6. The SMILES string of the molecule is CC/C=C\C/C=C\C/C=C\C/C=C\CCCCCCC(=O)OC(COC(=O)CCCCCCCCCCCC)COC(=O)CCCCCCCCCCCCCCCCCCCC/C=C\C/C=C\C/C=C\CCCCCCC. The summed E-state index contributed by atoms with van der Waals surface area (Å²) in [4.78, 5) is 38.2. The lowest BCUT2D eigenvalue weighted by Crippen LogP contribution is -2.30. The van der Waals surface area contributed by atoms with Gasteiger partial charge in [0.05, 0.1) is 0 Å². The van der Waals surface area contributed by atoms with E-state index in [1.54, 1.807) is 0 Å². The van der Waals surface area contributed by atoms with Gasteiger partial charge < -0.3 is 14.2 Å². The Bertz CT molecular complexity index is 1480. The molecule has 0 amide bonds. The van der Waals surface area contributed by atoms with Gasteiger partial charge in [0, 0.05) is 19.3 Å². The van der Waals surface area contributed by atoms with Gasteiger partial charge in [-0.3, -0.25) is 14.4 Å². The number of esters is 3. The quantitative estimate of drug-likeness (QED) is 0.0261. The first-order valence-electron chi connectivity index (χ1n) is 33.6. The van der Waals surface area contributed by atoms with Gasteiger partial charge in [0.2, 0.25) is 0 Å². The van der Waals surface area contributed by atoms with Crippen LogP contribution in [0.1, 0.15) is 335 Å². The van der Waals surface area contributed by atoms with E-state index in [2.05, 4.69) is 106 Å². The molecule has 0 aromatic rings. The first kappa shape index (κ1) is 74.6. The van der Waals surface area contributed by atoms with Crippen LogP contribution in [0.3, 0.4) is 0 Å². The van der Waals surface area contributed by atoms with Gasteiger partial charge in [0.25, 0.3) is 0 Å². The highest BCUT2D eigenvalue weighted by atomic mass is 16.6. The number of carbonyl (C=O) groups excluding carboxylic acids is 3. The molecule has 0 spiro atoms. The topological polar surface area (TPSA) is 78.9 Å². The van der Waals surface area contributed by atoms with Gasteiger partial charge >= 0.3 is 17.9 Å². The highest BCUT2D eigenvalue weighted by Gasteiger charge is 2.19. The van der Waals surface area contributed by atoms with Crippen molar-refractivity contribution in [1.82, 2.24) is 0 Å². The Morgan fingerprint density at radius 3 is 0.782 bits per heavy atom. The van der Waals surface area contributed by atoms with Crippen molar-refractivity contribution in [3.8, 4) is 0 Å². The van der Waals surface area contributed by atoms with E-state index in [0.29, 0.717) is 19.3 Å². The molecule has 6 nitrogen and oxygen atoms in total. The summed E-state index contributed by atoms with van der Waals surface area (Å²) in [5.41, 5.74) is 0. The minimum Gasteiger partial charge on any atom is -0.462 e. The van der Waals surface area contributed by atoms with Crippen molar-refractivity contribution in [2.24, 2.45) is 0 Å². The van der Waals surface area contributed by atoms with E-state index in [9.17, 15) is 14.4 Å². The van der Waals surface area contributed by atoms with Crippen molar-refractivity contribution >= 4 is 17.9 Å². The predicted octanol–water partition coefficient (Wildman–Crippen LogP) is 23.1. The van der Waals surface area contributed by atoms with Crippen LogP contribution in [0.5, 0.6) is 0 Å². The van der Waals surface area contributed by atoms with Gasteiger partial charge in [0.15, 0.2) is 6.10 Å². The molecule has 0 radical (unpaired) electrons. The zero-order valence-electron chi connectivity index (χ0n) is 51.7. The first-order chi connectivity index (χ1) is 38.5. The minimum absolute atomic E-state index is 0.0827. The van der Waals surface area contributed by atoms with E-state index in [1.807, 2.05) is 0 Å². The number of carbonyl (C=O) groups is 3. The highest BCUT2D eigenvalue weighted by Crippen LogP contribution is 2.17. The van der Waals surface area contributed by atoms with Crippen LogP contribution in [-0.2, 0) is 28.6 Å². The largest absolute Gasteiger partial charge is 0.462 e. The number of allylic oxidation sites excluding steroid dienone is 14. The monoisotopic (exact) mass is 1090 g/mol. The molecule has 0 N–H and O–H groups in total. The maximum atomic E-state index is 12.9. The Morgan fingerprint density at radius 2 is 0.500 bits per heavy atom. The average Bonchev–Trinajstić information content (AvgIpc) is 3.44. The molecule has 0 aromatic carbocycles. The van der Waals surface area contributed by atoms with Crippen molar-refractivity contribution in [3.63, 3.8) is 0 Å². The molecule has 0 aromatic heterocycles. The van der Waals surface area contributed by atoms with E-state index in [4.69, 9.17) is 14.2 Å². The molecule has 1 unspecified atom stereocenters. The summed E-state index contributed by atoms with van der Waals surface area (Å²) in [6.07, 6.45) is 87.6. The summed E-state index contributed by atoms with van der Waals surface area (Å²) < 4.78 is 16.9. The number of ether oxygens (including phenoxy) is 3. The number of rotatable bonds is 61. The van der Waals surface area contributed by atoms with Gasteiger partial charge in [-0.15, -0.1) is 0 Å². The molecule has 0 saturated carbocycles. The van der Waals surface area contributed by atoms with E-state index in [-0.39, 0.29) is 31.1 Å². The summed E-state index contributed by atoms with van der Waals surface area (Å²) in [5.74, 6) is -0.895. The normalized spacial score (nSPS) is 12.6. The Labute approximate surface area is 484 Å². The molecular formula is C72H126O6. The molecule has 6 heteroatoms. The Morgan fingerprint density at radius 1 is 0.269 bits per heavy atom. The molecule has 78 heavy (non-hydrogen) atoms. The zero-order chi connectivity index (χ0) is 56.4. The molecule has 0 fully saturated rings. The van der Waals surface area contributed by atoms with Crippen LogP contribution in [0.4, 0.5) is 0 Å². The lowest BCUT2D eigenvalue weighted by Gasteiger charge is -2.18. The first-order valence-corrected chi connectivity index (χ1v) is 33.6. The smallest absolute Gasteiger partial charge is 0.306 e. The maximum Gasteiger partial charge on any atom is 0.306 e. The molecule has 0 saturated heterocycles. The Kier molecular flexibility index (Phi) is 63.2. The molecule has 0 aliphatic carbocycles. The molecular weight excluding hydrogens is 961 g/mol. The Hall–Kier alpha value is -3.41. The second-order valence-corrected chi connectivity index (χ2v) is 22.4. The van der Waals surface area contributed by atoms with Crippen molar-refractivity contribution in [1.29, 1.82) is 0 Å². The van der Waals surface area contributed by atoms with Gasteiger partial charge in [-0.25, -0.2) is 0 Å². The average molecular weight is 1090 g/mol. The second-order valence-electron chi connectivity index (χ2n) is 22.4. The van der Waals surface area contributed by atoms with E-state index >= 15 is 0 Å². The minimum atomic E-state index is -0.787. The van der Waals surface area contributed by atoms with Crippen LogP contribution in [-0.4, -0.2) is 37.2 Å². The predicted molar refractivity (Wildman–Crippen MR) is 339 cm³/mol. The lowest BCUT2D eigenvalue weighted by atomic mass is 10.0. The van der Waals surface area contributed by atoms with Gasteiger partial charge in [-0.2, -0.15) is 0 Å². The summed E-state index contributed by atoms with van der Waals surface area (Å²) >= 11 is 0. The van der Waals surface area contributed by atoms with Gasteiger partial charge in [0.1, 0.15) is 13.2 Å². The fourth-order valence-electron chi connectivity index (χ4n) is 9.62. The molecule has 1 atom stereocenters. The summed E-state index contributed by atoms with van der Waals surface area (Å²) in [7, 11) is 0. The summed E-state index contributed by atoms with van der Waals surface area (Å²) in [6.45, 7) is 6.51. The molecule has 0 aliphatic rings. The maximum absolute atomic E-state index is 12.9. The van der Waals surface area contributed by atoms with E-state index in [0.717, 1.165) is 109 Å². The molecule has 0 bridgehead atoms. The fraction of sp³-hybridized carbons (Fsp3) is 0.764. The standard InChI is InChI=1S/C72H126O6/c1-4-7-10-13-16-19-22-24-26-28-29-30-31-32-33-34-35-36-37-38-39-40-41-42-43-45-46-48-50-53-56-59-62-65-71(74)77-68-69(67-76-70(73)64-61-58-55-52-21-18-15-12-9-6-3)78-72(75)66-63-60-57-54-51-49-47-44-27-25-23-20-17-14-11-8-5-2/h8,11,17,20,22,24-25,27-29,31-32,47,49,69H,4-7,9-10,12-16,18-19,21,23,26,30,33-46,48,50-68H2,1-3H3/b11-8-,20-17-,24-22-,27-25-,29-28-,32-31-,49-47-. The highest BCUT2D eigenvalue weighted by molar-refractivity contribution is 5.71. The summed E-state index contributed by atoms with van der Waals surface area (Å²) in [5, 5.41) is 0. The third kappa shape index (κ3) is 63.4. The Balaban J connectivity index is 4.12. The number of hydrogen-bond donors (Lipinski definition) is 0. The fourth-order valence-corrected chi connectivity index (χ4v) is 9.62. The molecule has 0 heterocycles. The molecule has 450 valence electrons.